The van der Waals surface area contributed by atoms with Crippen molar-refractivity contribution in [3.63, 3.8) is 0 Å². The van der Waals surface area contributed by atoms with E-state index in [1.807, 2.05) is 6.92 Å². The van der Waals surface area contributed by atoms with Gasteiger partial charge in [0.25, 0.3) is 0 Å². The van der Waals surface area contributed by atoms with Gasteiger partial charge in [0.1, 0.15) is 0 Å². The fourth-order valence-electron chi connectivity index (χ4n) is 1.42. The SMILES string of the molecule is CCc1nnnn1-c1cc(I)ccc1C. The number of hydrogen-bond acceptors (Lipinski definition) is 3. The number of rotatable bonds is 2. The minimum atomic E-state index is 0.831. The van der Waals surface area contributed by atoms with E-state index in [0.29, 0.717) is 0 Å². The number of tetrazole rings is 1. The van der Waals surface area contributed by atoms with E-state index in [9.17, 15) is 0 Å². The van der Waals surface area contributed by atoms with Gasteiger partial charge in [0, 0.05) is 9.99 Å². The molecule has 0 aliphatic heterocycles. The molecular weight excluding hydrogens is 303 g/mol. The predicted molar refractivity (Wildman–Crippen MR) is 66.0 cm³/mol. The molecule has 0 bridgehead atoms. The highest BCUT2D eigenvalue weighted by Gasteiger charge is 2.08. The van der Waals surface area contributed by atoms with E-state index in [0.717, 1.165) is 17.9 Å². The zero-order valence-electron chi connectivity index (χ0n) is 8.61. The van der Waals surface area contributed by atoms with Gasteiger partial charge < -0.3 is 0 Å². The van der Waals surface area contributed by atoms with Crippen molar-refractivity contribution in [3.8, 4) is 5.69 Å². The average Bonchev–Trinajstić information content (AvgIpc) is 2.69. The lowest BCUT2D eigenvalue weighted by Gasteiger charge is -2.06. The molecule has 1 aromatic carbocycles. The van der Waals surface area contributed by atoms with Gasteiger partial charge in [0.2, 0.25) is 0 Å². The Morgan fingerprint density at radius 3 is 2.93 bits per heavy atom. The number of aryl methyl sites for hydroxylation is 2. The van der Waals surface area contributed by atoms with Crippen LogP contribution in [0.25, 0.3) is 5.69 Å². The first-order chi connectivity index (χ1) is 7.22. The van der Waals surface area contributed by atoms with E-state index in [1.165, 1.54) is 9.13 Å². The molecule has 15 heavy (non-hydrogen) atoms. The molecule has 0 spiro atoms. The molecule has 0 saturated heterocycles. The van der Waals surface area contributed by atoms with Crippen LogP contribution in [-0.4, -0.2) is 20.2 Å². The molecule has 2 rings (SSSR count). The van der Waals surface area contributed by atoms with Crippen LogP contribution < -0.4 is 0 Å². The van der Waals surface area contributed by atoms with Crippen molar-refractivity contribution in [2.24, 2.45) is 0 Å². The Morgan fingerprint density at radius 2 is 2.20 bits per heavy atom. The van der Waals surface area contributed by atoms with E-state index in [2.05, 4.69) is 63.2 Å². The summed E-state index contributed by atoms with van der Waals surface area (Å²) in [7, 11) is 0. The molecule has 0 aliphatic rings. The maximum absolute atomic E-state index is 4.01. The summed E-state index contributed by atoms with van der Waals surface area (Å²) in [6, 6.07) is 6.25. The molecule has 0 unspecified atom stereocenters. The van der Waals surface area contributed by atoms with Crippen molar-refractivity contribution in [2.75, 3.05) is 0 Å². The molecule has 1 heterocycles. The summed E-state index contributed by atoms with van der Waals surface area (Å²) in [6.07, 6.45) is 0.831. The quantitative estimate of drug-likeness (QED) is 0.798. The maximum atomic E-state index is 4.01. The van der Waals surface area contributed by atoms with Gasteiger partial charge in [-0.25, -0.2) is 0 Å². The molecule has 0 fully saturated rings. The van der Waals surface area contributed by atoms with Crippen molar-refractivity contribution >= 4 is 22.6 Å². The lowest BCUT2D eigenvalue weighted by atomic mass is 10.2. The second-order valence-electron chi connectivity index (χ2n) is 3.29. The Bertz CT molecular complexity index is 478. The zero-order chi connectivity index (χ0) is 10.8. The van der Waals surface area contributed by atoms with Gasteiger partial charge in [-0.05, 0) is 57.6 Å². The summed E-state index contributed by atoms with van der Waals surface area (Å²) in [5, 5.41) is 11.7. The summed E-state index contributed by atoms with van der Waals surface area (Å²) in [5.41, 5.74) is 2.24. The number of nitrogens with zero attached hydrogens (tertiary/aromatic N) is 4. The maximum Gasteiger partial charge on any atom is 0.156 e. The molecule has 0 aliphatic carbocycles. The summed E-state index contributed by atoms with van der Waals surface area (Å²) < 4.78 is 2.99. The predicted octanol–water partition coefficient (Wildman–Crippen LogP) is 2.14. The molecular formula is C10H11IN4. The van der Waals surface area contributed by atoms with Gasteiger partial charge >= 0.3 is 0 Å². The van der Waals surface area contributed by atoms with Crippen LogP contribution >= 0.6 is 22.6 Å². The van der Waals surface area contributed by atoms with E-state index >= 15 is 0 Å². The van der Waals surface area contributed by atoms with Crippen molar-refractivity contribution in [1.82, 2.24) is 20.2 Å². The fourth-order valence-corrected chi connectivity index (χ4v) is 1.90. The van der Waals surface area contributed by atoms with E-state index in [1.54, 1.807) is 4.68 Å². The number of halogens is 1. The highest BCUT2D eigenvalue weighted by molar-refractivity contribution is 14.1. The first kappa shape index (κ1) is 10.5. The molecule has 0 radical (unpaired) electrons. The Kier molecular flexibility index (Phi) is 2.99. The summed E-state index contributed by atoms with van der Waals surface area (Å²) in [5.74, 6) is 0.889. The van der Waals surface area contributed by atoms with Crippen molar-refractivity contribution in [2.45, 2.75) is 20.3 Å². The van der Waals surface area contributed by atoms with Crippen LogP contribution in [0.1, 0.15) is 18.3 Å². The van der Waals surface area contributed by atoms with Crippen LogP contribution in [0.15, 0.2) is 18.2 Å². The number of benzene rings is 1. The number of aromatic nitrogens is 4. The van der Waals surface area contributed by atoms with Crippen molar-refractivity contribution < 1.29 is 0 Å². The largest absolute Gasteiger partial charge is 0.197 e. The Balaban J connectivity index is 2.58. The molecule has 0 atom stereocenters. The fraction of sp³-hybridized carbons (Fsp3) is 0.300. The zero-order valence-corrected chi connectivity index (χ0v) is 10.8. The minimum absolute atomic E-state index is 0.831. The highest BCUT2D eigenvalue weighted by Crippen LogP contribution is 2.17. The van der Waals surface area contributed by atoms with Crippen LogP contribution in [0.3, 0.4) is 0 Å². The van der Waals surface area contributed by atoms with Crippen LogP contribution in [0.5, 0.6) is 0 Å². The molecule has 0 amide bonds. The first-order valence-electron chi connectivity index (χ1n) is 4.76. The number of hydrogen-bond donors (Lipinski definition) is 0. The molecule has 0 saturated carbocycles. The molecule has 2 aromatic rings. The van der Waals surface area contributed by atoms with Crippen LogP contribution in [0.4, 0.5) is 0 Å². The molecule has 0 N–H and O–H groups in total. The smallest absolute Gasteiger partial charge is 0.156 e. The summed E-state index contributed by atoms with van der Waals surface area (Å²) in [4.78, 5) is 0. The second kappa shape index (κ2) is 4.26. The lowest BCUT2D eigenvalue weighted by Crippen LogP contribution is -2.04. The Labute approximate surface area is 102 Å². The van der Waals surface area contributed by atoms with Gasteiger partial charge in [0.05, 0.1) is 5.69 Å². The standard InChI is InChI=1S/C10H11IN4/c1-3-10-12-13-14-15(10)9-6-8(11)5-4-7(9)2/h4-6H,3H2,1-2H3. The minimum Gasteiger partial charge on any atom is -0.197 e. The third-order valence-electron chi connectivity index (χ3n) is 2.25. The normalized spacial score (nSPS) is 10.6. The first-order valence-corrected chi connectivity index (χ1v) is 5.84. The van der Waals surface area contributed by atoms with Crippen LogP contribution in [0.2, 0.25) is 0 Å². The highest BCUT2D eigenvalue weighted by atomic mass is 127. The summed E-state index contributed by atoms with van der Waals surface area (Å²) in [6.45, 7) is 4.11. The van der Waals surface area contributed by atoms with Crippen molar-refractivity contribution in [1.29, 1.82) is 0 Å². The topological polar surface area (TPSA) is 43.6 Å². The summed E-state index contributed by atoms with van der Waals surface area (Å²) >= 11 is 2.29. The third-order valence-corrected chi connectivity index (χ3v) is 2.92. The molecule has 1 aromatic heterocycles. The van der Waals surface area contributed by atoms with E-state index in [4.69, 9.17) is 0 Å². The lowest BCUT2D eigenvalue weighted by molar-refractivity contribution is 0.762. The third kappa shape index (κ3) is 2.01. The van der Waals surface area contributed by atoms with Crippen LogP contribution in [0, 0.1) is 10.5 Å². The van der Waals surface area contributed by atoms with E-state index in [-0.39, 0.29) is 0 Å². The van der Waals surface area contributed by atoms with Gasteiger partial charge in [0.15, 0.2) is 5.82 Å². The van der Waals surface area contributed by atoms with Gasteiger partial charge in [-0.1, -0.05) is 13.0 Å². The van der Waals surface area contributed by atoms with Gasteiger partial charge in [-0.15, -0.1) is 5.10 Å². The van der Waals surface area contributed by atoms with Gasteiger partial charge in [-0.2, -0.15) is 4.68 Å². The monoisotopic (exact) mass is 314 g/mol. The molecule has 4 nitrogen and oxygen atoms in total. The van der Waals surface area contributed by atoms with Gasteiger partial charge in [-0.3, -0.25) is 0 Å². The molecule has 5 heteroatoms. The second-order valence-corrected chi connectivity index (χ2v) is 4.54. The Hall–Kier alpha value is -0.980. The Morgan fingerprint density at radius 1 is 1.40 bits per heavy atom. The van der Waals surface area contributed by atoms with E-state index < -0.39 is 0 Å². The molecule has 78 valence electrons. The van der Waals surface area contributed by atoms with Crippen LogP contribution in [-0.2, 0) is 6.42 Å². The van der Waals surface area contributed by atoms with Crippen molar-refractivity contribution in [3.05, 3.63) is 33.2 Å². The average molecular weight is 314 g/mol.